The van der Waals surface area contributed by atoms with E-state index in [4.69, 9.17) is 9.47 Å². The number of piperazine rings is 1. The fraction of sp³-hybridized carbons (Fsp3) is 0.421. The molecule has 0 saturated carbocycles. The minimum atomic E-state index is 0.653. The van der Waals surface area contributed by atoms with E-state index >= 15 is 0 Å². The van der Waals surface area contributed by atoms with Crippen molar-refractivity contribution < 1.29 is 9.47 Å². The normalized spacial score (nSPS) is 15.3. The molecule has 0 unspecified atom stereocenters. The minimum Gasteiger partial charge on any atom is -0.497 e. The lowest BCUT2D eigenvalue weighted by Crippen LogP contribution is -2.48. The van der Waals surface area contributed by atoms with Gasteiger partial charge in [-0.2, -0.15) is 14.6 Å². The molecule has 0 atom stereocenters. The number of benzene rings is 1. The summed E-state index contributed by atoms with van der Waals surface area (Å²) in [5.74, 6) is 3.42. The molecule has 27 heavy (non-hydrogen) atoms. The zero-order valence-corrected chi connectivity index (χ0v) is 15.7. The predicted octanol–water partition coefficient (Wildman–Crippen LogP) is 1.64. The molecule has 3 heterocycles. The second kappa shape index (κ2) is 7.79. The van der Waals surface area contributed by atoms with Gasteiger partial charge in [-0.25, -0.2) is 4.98 Å². The molecule has 3 aromatic rings. The van der Waals surface area contributed by atoms with E-state index in [1.54, 1.807) is 13.4 Å². The first-order valence-electron chi connectivity index (χ1n) is 9.14. The van der Waals surface area contributed by atoms with Crippen molar-refractivity contribution in [3.8, 4) is 11.5 Å². The summed E-state index contributed by atoms with van der Waals surface area (Å²) in [7, 11) is 1.66. The summed E-state index contributed by atoms with van der Waals surface area (Å²) in [6, 6.07) is 9.77. The standard InChI is InChI=1S/C19H24N6O2/c1-15-13-18(25-19(22-15)20-14-21-25)24-9-7-23(8-10-24)11-12-27-17-5-3-16(26-2)4-6-17/h3-6,13-14H,7-12H2,1-2H3. The number of rotatable bonds is 6. The number of nitrogens with zero attached hydrogens (tertiary/aromatic N) is 6. The van der Waals surface area contributed by atoms with Crippen molar-refractivity contribution >= 4 is 11.6 Å². The Hall–Kier alpha value is -2.87. The molecule has 1 fully saturated rings. The lowest BCUT2D eigenvalue weighted by Gasteiger charge is -2.35. The number of aromatic nitrogens is 4. The van der Waals surface area contributed by atoms with Crippen molar-refractivity contribution in [2.75, 3.05) is 51.3 Å². The third kappa shape index (κ3) is 3.95. The first kappa shape index (κ1) is 17.5. The van der Waals surface area contributed by atoms with Gasteiger partial charge in [0.1, 0.15) is 30.3 Å². The molecule has 0 spiro atoms. The van der Waals surface area contributed by atoms with Crippen LogP contribution >= 0.6 is 0 Å². The first-order valence-corrected chi connectivity index (χ1v) is 9.14. The second-order valence-corrected chi connectivity index (χ2v) is 6.58. The Morgan fingerprint density at radius 1 is 1.04 bits per heavy atom. The SMILES string of the molecule is COc1ccc(OCCN2CCN(c3cc(C)nc4ncnn34)CC2)cc1. The molecular weight excluding hydrogens is 344 g/mol. The van der Waals surface area contributed by atoms with E-state index < -0.39 is 0 Å². The fourth-order valence-corrected chi connectivity index (χ4v) is 3.30. The van der Waals surface area contributed by atoms with Gasteiger partial charge < -0.3 is 14.4 Å². The average Bonchev–Trinajstić information content (AvgIpc) is 3.17. The van der Waals surface area contributed by atoms with E-state index in [1.807, 2.05) is 35.7 Å². The Balaban J connectivity index is 1.29. The van der Waals surface area contributed by atoms with Crippen LogP contribution in [0, 0.1) is 6.92 Å². The van der Waals surface area contributed by atoms with E-state index in [1.165, 1.54) is 0 Å². The molecule has 1 saturated heterocycles. The molecule has 1 aliphatic rings. The number of fused-ring (bicyclic) bond motifs is 1. The molecule has 1 aromatic carbocycles. The van der Waals surface area contributed by atoms with Crippen LogP contribution in [0.2, 0.25) is 0 Å². The zero-order chi connectivity index (χ0) is 18.6. The first-order chi connectivity index (χ1) is 13.2. The molecule has 0 radical (unpaired) electrons. The van der Waals surface area contributed by atoms with Gasteiger partial charge in [-0.15, -0.1) is 0 Å². The van der Waals surface area contributed by atoms with Crippen molar-refractivity contribution in [3.63, 3.8) is 0 Å². The molecule has 1 aliphatic heterocycles. The maximum atomic E-state index is 5.84. The second-order valence-electron chi connectivity index (χ2n) is 6.58. The summed E-state index contributed by atoms with van der Waals surface area (Å²) in [6.45, 7) is 7.45. The van der Waals surface area contributed by atoms with Crippen LogP contribution in [0.3, 0.4) is 0 Å². The third-order valence-corrected chi connectivity index (χ3v) is 4.79. The zero-order valence-electron chi connectivity index (χ0n) is 15.7. The van der Waals surface area contributed by atoms with Gasteiger partial charge in [-0.05, 0) is 31.2 Å². The molecule has 142 valence electrons. The molecule has 0 amide bonds. The van der Waals surface area contributed by atoms with Crippen LogP contribution in [-0.4, -0.2) is 70.9 Å². The van der Waals surface area contributed by atoms with Crippen molar-refractivity contribution in [1.29, 1.82) is 0 Å². The largest absolute Gasteiger partial charge is 0.497 e. The van der Waals surface area contributed by atoms with Crippen LogP contribution in [0.15, 0.2) is 36.7 Å². The summed E-state index contributed by atoms with van der Waals surface area (Å²) in [6.07, 6.45) is 1.55. The number of ether oxygens (including phenoxy) is 2. The highest BCUT2D eigenvalue weighted by Gasteiger charge is 2.20. The van der Waals surface area contributed by atoms with Gasteiger partial charge >= 0.3 is 0 Å². The number of aryl methyl sites for hydroxylation is 1. The van der Waals surface area contributed by atoms with Crippen LogP contribution in [0.5, 0.6) is 11.5 Å². The number of hydrogen-bond donors (Lipinski definition) is 0. The van der Waals surface area contributed by atoms with E-state index in [-0.39, 0.29) is 0 Å². The Bertz CT molecular complexity index is 887. The molecule has 0 bridgehead atoms. The van der Waals surface area contributed by atoms with E-state index in [0.717, 1.165) is 55.7 Å². The topological polar surface area (TPSA) is 68.0 Å². The van der Waals surface area contributed by atoms with Gasteiger partial charge in [-0.3, -0.25) is 4.90 Å². The number of hydrogen-bond acceptors (Lipinski definition) is 7. The minimum absolute atomic E-state index is 0.653. The van der Waals surface area contributed by atoms with Crippen LogP contribution in [0.4, 0.5) is 5.82 Å². The van der Waals surface area contributed by atoms with Crippen LogP contribution in [0.1, 0.15) is 5.69 Å². The fourth-order valence-electron chi connectivity index (χ4n) is 3.30. The Morgan fingerprint density at radius 2 is 1.78 bits per heavy atom. The van der Waals surface area contributed by atoms with E-state index in [0.29, 0.717) is 12.4 Å². The van der Waals surface area contributed by atoms with Crippen LogP contribution in [-0.2, 0) is 0 Å². The summed E-state index contributed by atoms with van der Waals surface area (Å²) in [5.41, 5.74) is 0.959. The Labute approximate surface area is 158 Å². The molecule has 2 aromatic heterocycles. The highest BCUT2D eigenvalue weighted by Crippen LogP contribution is 2.19. The lowest BCUT2D eigenvalue weighted by atomic mass is 10.3. The Kier molecular flexibility index (Phi) is 5.06. The van der Waals surface area contributed by atoms with Gasteiger partial charge in [0.25, 0.3) is 5.78 Å². The molecule has 0 N–H and O–H groups in total. The van der Waals surface area contributed by atoms with Gasteiger partial charge in [0.2, 0.25) is 0 Å². The van der Waals surface area contributed by atoms with Crippen molar-refractivity contribution in [1.82, 2.24) is 24.5 Å². The quantitative estimate of drug-likeness (QED) is 0.655. The summed E-state index contributed by atoms with van der Waals surface area (Å²) in [4.78, 5) is 13.4. The highest BCUT2D eigenvalue weighted by molar-refractivity contribution is 5.47. The van der Waals surface area contributed by atoms with Gasteiger partial charge in [0.15, 0.2) is 0 Å². The average molecular weight is 368 g/mol. The van der Waals surface area contributed by atoms with Crippen LogP contribution in [0.25, 0.3) is 5.78 Å². The molecule has 4 rings (SSSR count). The van der Waals surface area contributed by atoms with Crippen molar-refractivity contribution in [2.45, 2.75) is 6.92 Å². The van der Waals surface area contributed by atoms with Crippen molar-refractivity contribution in [2.24, 2.45) is 0 Å². The van der Waals surface area contributed by atoms with Gasteiger partial charge in [0.05, 0.1) is 7.11 Å². The maximum absolute atomic E-state index is 5.84. The molecule has 0 aliphatic carbocycles. The maximum Gasteiger partial charge on any atom is 0.254 e. The Morgan fingerprint density at radius 3 is 2.52 bits per heavy atom. The molecule has 8 nitrogen and oxygen atoms in total. The smallest absolute Gasteiger partial charge is 0.254 e. The van der Waals surface area contributed by atoms with Gasteiger partial charge in [-0.1, -0.05) is 0 Å². The highest BCUT2D eigenvalue weighted by atomic mass is 16.5. The summed E-state index contributed by atoms with van der Waals surface area (Å²) < 4.78 is 12.8. The summed E-state index contributed by atoms with van der Waals surface area (Å²) >= 11 is 0. The van der Waals surface area contributed by atoms with Gasteiger partial charge in [0, 0.05) is 44.5 Å². The van der Waals surface area contributed by atoms with Crippen LogP contribution < -0.4 is 14.4 Å². The van der Waals surface area contributed by atoms with Crippen molar-refractivity contribution in [3.05, 3.63) is 42.4 Å². The number of methoxy groups -OCH3 is 1. The lowest BCUT2D eigenvalue weighted by molar-refractivity contribution is 0.200. The number of anilines is 1. The monoisotopic (exact) mass is 368 g/mol. The molecular formula is C19H24N6O2. The third-order valence-electron chi connectivity index (χ3n) is 4.79. The predicted molar refractivity (Wildman–Crippen MR) is 103 cm³/mol. The molecule has 8 heteroatoms. The summed E-state index contributed by atoms with van der Waals surface area (Å²) in [5, 5.41) is 4.31. The van der Waals surface area contributed by atoms with E-state index in [9.17, 15) is 0 Å². The van der Waals surface area contributed by atoms with E-state index in [2.05, 4.69) is 30.9 Å².